The number of hydrogen-bond acceptors (Lipinski definition) is 28. The van der Waals surface area contributed by atoms with E-state index in [2.05, 4.69) is 10.6 Å². The molecule has 1 aromatic carbocycles. The molecule has 4 saturated heterocycles. The fourth-order valence-electron chi connectivity index (χ4n) is 20.4. The van der Waals surface area contributed by atoms with Gasteiger partial charge in [-0.3, -0.25) is 28.8 Å². The molecular formula is C96H146N4O28. The number of piperidine rings is 2. The number of alkyl carbamates (subject to hydrolysis) is 2. The average Bonchev–Trinajstić information content (AvgIpc) is 0.776. The number of ketones is 4. The Kier molecular flexibility index (Phi) is 39.5. The summed E-state index contributed by atoms with van der Waals surface area (Å²) >= 11 is 0. The number of nitrogens with zero attached hydrogens (tertiary/aromatic N) is 2. The van der Waals surface area contributed by atoms with E-state index in [1.165, 1.54) is 42.7 Å². The molecule has 6 fully saturated rings. The Morgan fingerprint density at radius 1 is 0.461 bits per heavy atom. The Morgan fingerprint density at radius 2 is 0.805 bits per heavy atom. The maximum absolute atomic E-state index is 14.9. The molecule has 8 N–H and O–H groups in total. The summed E-state index contributed by atoms with van der Waals surface area (Å²) < 4.78 is 72.0. The van der Waals surface area contributed by atoms with Crippen LogP contribution in [0.4, 0.5) is 9.59 Å². The van der Waals surface area contributed by atoms with Gasteiger partial charge in [-0.05, 0) is 202 Å². The lowest BCUT2D eigenvalue weighted by Crippen LogP contribution is -2.64. The minimum atomic E-state index is -2.63. The topological polar surface area (TPSA) is 433 Å². The zero-order chi connectivity index (χ0) is 93.8. The zero-order valence-electron chi connectivity index (χ0n) is 78.0. The van der Waals surface area contributed by atoms with Crippen LogP contribution < -0.4 is 10.6 Å². The monoisotopic (exact) mass is 1800 g/mol. The number of hydrogen-bond donors (Lipinski definition) is 8. The number of carbonyl (C=O) groups excluding carboxylic acids is 10. The van der Waals surface area contributed by atoms with E-state index in [9.17, 15) is 78.6 Å². The number of amides is 4. The van der Waals surface area contributed by atoms with Crippen LogP contribution in [0.15, 0.2) is 70.9 Å². The number of ether oxygens (including phenoxy) is 12. The van der Waals surface area contributed by atoms with Crippen LogP contribution in [0.1, 0.15) is 222 Å². The summed E-state index contributed by atoms with van der Waals surface area (Å²) in [7, 11) is 8.97. The standard InChI is InChI=1S/C96H146N4O28/c1-53-37-55(3)41-79(119-13)85-81(121-15)45-59(7)95(115,127-85)87(107)89(109)99-33-19-17-21-69(99)91(111)125-83(57(5)43-65-27-29-71(101)77(47-65)117-11)61(9)73(103)49-75(105)67(39-53)31-35-123-93(113)97-51-63-23-25-64(26-24-63)52-98-94(114)124-36-32-68-40-54(2)38-56(4)42-80(120-14)86-82(122-16)46-60(8)96(116,128-86)88(108)90(110)100-34-20-18-22-70(100)92(112)126-84(62(10)74(104)50-76(68)106)58(6)44-66-28-30-72(102)78(48-66)118-12/h23-26,39-40,43-44,55-56,59-62,65-74,77-86,101-104,115-116H,17-22,27-38,41-42,45-52H2,1-16H3,(H,97,113)(H,98,114)/b53-39+,54-40+,57-43+,58-44+/t55-,56-,59+,60+,61+,62+,65-,66-,67+,68+,69-,70-,71+,72+,73-,74-,77+,78+,79-,80-,81-,82-,83+,84+,85+,86+,95+,96+/m0/s1. The third-order valence-corrected chi connectivity index (χ3v) is 28.1. The van der Waals surface area contributed by atoms with Crippen molar-refractivity contribution in [1.29, 1.82) is 0 Å². The Morgan fingerprint density at radius 3 is 1.15 bits per heavy atom. The number of methoxy groups -OCH3 is 6. The first-order valence-corrected chi connectivity index (χ1v) is 46.3. The van der Waals surface area contributed by atoms with Crippen molar-refractivity contribution in [3.8, 4) is 0 Å². The fourth-order valence-corrected chi connectivity index (χ4v) is 20.4. The van der Waals surface area contributed by atoms with Gasteiger partial charge in [0.2, 0.25) is 11.6 Å². The second-order valence-electron chi connectivity index (χ2n) is 37.9. The van der Waals surface area contributed by atoms with Crippen LogP contribution in [-0.4, -0.2) is 278 Å². The van der Waals surface area contributed by atoms with Gasteiger partial charge in [0, 0.05) is 117 Å². The highest BCUT2D eigenvalue weighted by atomic mass is 16.7. The first-order chi connectivity index (χ1) is 60.8. The summed E-state index contributed by atoms with van der Waals surface area (Å²) in [6.07, 6.45) is -0.410. The lowest BCUT2D eigenvalue weighted by Gasteiger charge is -2.47. The molecule has 0 unspecified atom stereocenters. The first kappa shape index (κ1) is 104. The van der Waals surface area contributed by atoms with Crippen LogP contribution in [0.25, 0.3) is 0 Å². The van der Waals surface area contributed by atoms with Crippen LogP contribution in [0.2, 0.25) is 0 Å². The molecule has 32 heteroatoms. The molecule has 6 aliphatic heterocycles. The second-order valence-corrected chi connectivity index (χ2v) is 37.9. The van der Waals surface area contributed by atoms with Gasteiger partial charge in [0.1, 0.15) is 48.1 Å². The van der Waals surface area contributed by atoms with Crippen LogP contribution in [0, 0.1) is 59.2 Å². The summed E-state index contributed by atoms with van der Waals surface area (Å²) in [4.78, 5) is 147. The summed E-state index contributed by atoms with van der Waals surface area (Å²) in [5.41, 5.74) is 4.00. The average molecular weight is 1800 g/mol. The highest BCUT2D eigenvalue weighted by molar-refractivity contribution is 6.39. The first-order valence-electron chi connectivity index (χ1n) is 46.3. The maximum atomic E-state index is 14.9. The van der Waals surface area contributed by atoms with Crippen molar-refractivity contribution in [3.05, 3.63) is 82.0 Å². The van der Waals surface area contributed by atoms with Crippen molar-refractivity contribution in [2.45, 2.75) is 333 Å². The third kappa shape index (κ3) is 27.0. The van der Waals surface area contributed by atoms with Crippen LogP contribution in [0.5, 0.6) is 0 Å². The van der Waals surface area contributed by atoms with Crippen molar-refractivity contribution in [3.63, 3.8) is 0 Å². The van der Waals surface area contributed by atoms with E-state index in [1.807, 2.05) is 39.8 Å². The van der Waals surface area contributed by atoms with E-state index >= 15 is 0 Å². The van der Waals surface area contributed by atoms with Crippen LogP contribution >= 0.6 is 0 Å². The number of carbonyl (C=O) groups is 10. The van der Waals surface area contributed by atoms with Gasteiger partial charge >= 0.3 is 24.1 Å². The van der Waals surface area contributed by atoms with Crippen molar-refractivity contribution in [2.75, 3.05) is 69.0 Å². The maximum Gasteiger partial charge on any atom is 0.407 e. The van der Waals surface area contributed by atoms with Crippen molar-refractivity contribution < 1.29 is 135 Å². The van der Waals surface area contributed by atoms with Gasteiger partial charge < -0.3 is 108 Å². The van der Waals surface area contributed by atoms with E-state index in [0.29, 0.717) is 112 Å². The Labute approximate surface area is 754 Å². The number of nitrogens with one attached hydrogen (secondary N) is 2. The van der Waals surface area contributed by atoms with Crippen LogP contribution in [0.3, 0.4) is 0 Å². The molecule has 0 spiro atoms. The molecule has 0 aromatic heterocycles. The van der Waals surface area contributed by atoms with Gasteiger partial charge in [-0.1, -0.05) is 101 Å². The largest absolute Gasteiger partial charge is 0.456 e. The number of aliphatic hydroxyl groups excluding tert-OH is 4. The normalized spacial score (nSPS) is 37.8. The van der Waals surface area contributed by atoms with E-state index in [-0.39, 0.29) is 113 Å². The summed E-state index contributed by atoms with van der Waals surface area (Å²) in [6, 6.07) is 4.49. The number of Topliss-reactive ketones (excluding diaryl/α,β-unsaturated/α-hetero) is 4. The SMILES string of the molecule is CO[C@H]1C[C@@H](C)C/C(C)=C/[C@@H](CCOC(=O)NCc2ccc(CNC(=O)OCC[C@@H]3/C=C(\C)C[C@H](C)C[C@H](OC)[C@H]4O[C@@](O)(C(=O)C(=O)N5CCCC[C@H]5C(=O)O[C@H](/C(C)=C/[C@@H]5CC[C@@H](O)[C@H](OC)C5)[C@H](C)[C@@H](O)CC3=O)[C@H](C)C[C@@H]4OC)cc2)C(=O)C[C@H](O)[C@@H](C)[C@@H](/C(C)=C/[C@@H]2CC[C@@H](O)[C@H](OC)C2)OC(=O)[C@@H]2CCCCN2C(=O)C(=O)[C@]2(O)O[C@H]1[C@@H](OC)C[C@H]2C. The molecule has 1 aromatic rings. The minimum Gasteiger partial charge on any atom is -0.456 e. The van der Waals surface area contributed by atoms with Gasteiger partial charge in [-0.15, -0.1) is 0 Å². The highest BCUT2D eigenvalue weighted by Crippen LogP contribution is 2.43. The lowest BCUT2D eigenvalue weighted by atomic mass is 9.81. The third-order valence-electron chi connectivity index (χ3n) is 28.1. The lowest BCUT2D eigenvalue weighted by molar-refractivity contribution is -0.302. The van der Waals surface area contributed by atoms with E-state index in [0.717, 1.165) is 20.9 Å². The predicted molar refractivity (Wildman–Crippen MR) is 468 cm³/mol. The predicted octanol–water partition coefficient (Wildman–Crippen LogP) is 9.07. The molecule has 718 valence electrons. The second kappa shape index (κ2) is 48.4. The Balaban J connectivity index is 0.860. The summed E-state index contributed by atoms with van der Waals surface area (Å²) in [6.45, 7) is 17.3. The Bertz CT molecular complexity index is 3790. The smallest absolute Gasteiger partial charge is 0.407 e. The van der Waals surface area contributed by atoms with Gasteiger partial charge in [-0.25, -0.2) is 19.2 Å². The fraction of sp³-hybridized carbons (Fsp3) is 0.750. The minimum absolute atomic E-state index is 0.00138. The molecule has 28 atom stereocenters. The van der Waals surface area contributed by atoms with Crippen molar-refractivity contribution in [2.24, 2.45) is 59.2 Å². The van der Waals surface area contributed by atoms with Crippen molar-refractivity contribution >= 4 is 59.1 Å². The Hall–Kier alpha value is -7.28. The number of cyclic esters (lactones) is 2. The molecule has 9 rings (SSSR count). The molecular weight excluding hydrogens is 1660 g/mol. The summed E-state index contributed by atoms with van der Waals surface area (Å²) in [5.74, 6) is -18.5. The molecule has 2 aliphatic carbocycles. The molecule has 4 amide bonds. The quantitative estimate of drug-likeness (QED) is 0.0261. The summed E-state index contributed by atoms with van der Waals surface area (Å²) in [5, 5.41) is 76.1. The molecule has 8 aliphatic rings. The van der Waals surface area contributed by atoms with Gasteiger partial charge in [0.05, 0.1) is 74.3 Å². The number of benzene rings is 1. The van der Waals surface area contributed by atoms with E-state index in [4.69, 9.17) is 56.8 Å². The van der Waals surface area contributed by atoms with E-state index in [1.54, 1.807) is 78.0 Å². The molecule has 4 bridgehead atoms. The number of fused-ring (bicyclic) bond motifs is 6. The highest BCUT2D eigenvalue weighted by Gasteiger charge is 2.59. The van der Waals surface area contributed by atoms with E-state index < -0.39 is 205 Å². The molecule has 0 radical (unpaired) electrons. The molecule has 2 saturated carbocycles. The number of aliphatic hydroxyl groups is 6. The molecule has 32 nitrogen and oxygen atoms in total. The van der Waals surface area contributed by atoms with Gasteiger partial charge in [0.25, 0.3) is 23.4 Å². The number of esters is 2. The van der Waals surface area contributed by atoms with Gasteiger partial charge in [0.15, 0.2) is 0 Å². The molecule has 6 heterocycles. The van der Waals surface area contributed by atoms with Crippen LogP contribution in [-0.2, 0) is 108 Å². The number of rotatable bonds is 20. The number of allylic oxidation sites excluding steroid dienone is 6. The zero-order valence-corrected chi connectivity index (χ0v) is 78.0. The molecule has 128 heavy (non-hydrogen) atoms. The van der Waals surface area contributed by atoms with Gasteiger partial charge in [-0.2, -0.15) is 0 Å². The van der Waals surface area contributed by atoms with Crippen molar-refractivity contribution in [1.82, 2.24) is 20.4 Å².